The van der Waals surface area contributed by atoms with E-state index in [1.165, 1.54) is 36.4 Å². The number of carbonyl (C=O) groups is 1. The van der Waals surface area contributed by atoms with Gasteiger partial charge in [-0.2, -0.15) is 0 Å². The Bertz CT molecular complexity index is 1360. The summed E-state index contributed by atoms with van der Waals surface area (Å²) in [4.78, 5) is 23.9. The predicted molar refractivity (Wildman–Crippen MR) is 113 cm³/mol. The summed E-state index contributed by atoms with van der Waals surface area (Å²) in [5, 5.41) is 20.2. The van der Waals surface area contributed by atoms with Gasteiger partial charge in [0, 0.05) is 28.6 Å². The van der Waals surface area contributed by atoms with Crippen molar-refractivity contribution in [1.29, 1.82) is 0 Å². The van der Waals surface area contributed by atoms with Crippen LogP contribution in [-0.4, -0.2) is 16.2 Å². The Hall–Kier alpha value is -2.44. The van der Waals surface area contributed by atoms with Gasteiger partial charge in [0.1, 0.15) is 17.1 Å². The highest BCUT2D eigenvalue weighted by Gasteiger charge is 2.24. The van der Waals surface area contributed by atoms with Crippen LogP contribution in [0.5, 0.6) is 5.75 Å². The van der Waals surface area contributed by atoms with Crippen molar-refractivity contribution < 1.29 is 19.4 Å². The Morgan fingerprint density at radius 3 is 2.17 bits per heavy atom. The van der Waals surface area contributed by atoms with Crippen LogP contribution in [0.4, 0.5) is 0 Å². The topological polar surface area (TPSA) is 87.7 Å². The van der Waals surface area contributed by atoms with Gasteiger partial charge in [0.2, 0.25) is 5.43 Å². The van der Waals surface area contributed by atoms with Gasteiger partial charge >= 0.3 is 5.97 Å². The zero-order valence-corrected chi connectivity index (χ0v) is 17.1. The van der Waals surface area contributed by atoms with E-state index < -0.39 is 11.4 Å². The third-order valence-corrected chi connectivity index (χ3v) is 5.72. The molecule has 2 aromatic rings. The predicted octanol–water partition coefficient (Wildman–Crippen LogP) is 6.58. The van der Waals surface area contributed by atoms with Gasteiger partial charge in [0.05, 0.1) is 25.7 Å². The van der Waals surface area contributed by atoms with Crippen LogP contribution in [0.2, 0.25) is 20.1 Å². The van der Waals surface area contributed by atoms with Crippen molar-refractivity contribution >= 4 is 63.3 Å². The van der Waals surface area contributed by atoms with E-state index in [1.54, 1.807) is 0 Å². The summed E-state index contributed by atoms with van der Waals surface area (Å²) in [5.74, 6) is -1.33. The van der Waals surface area contributed by atoms with Crippen LogP contribution < -0.4 is 5.43 Å². The van der Waals surface area contributed by atoms with E-state index in [2.05, 4.69) is 0 Å². The van der Waals surface area contributed by atoms with Gasteiger partial charge in [-0.3, -0.25) is 4.79 Å². The van der Waals surface area contributed by atoms with E-state index in [0.29, 0.717) is 16.5 Å². The number of aromatic hydroxyl groups is 1. The first-order chi connectivity index (χ1) is 13.7. The van der Waals surface area contributed by atoms with Gasteiger partial charge in [0.25, 0.3) is 0 Å². The second kappa shape index (κ2) is 7.11. The van der Waals surface area contributed by atoms with Crippen LogP contribution in [0.25, 0.3) is 33.4 Å². The summed E-state index contributed by atoms with van der Waals surface area (Å²) in [6.45, 7) is 0. The molecular weight excluding hydrogens is 462 g/mol. The molecular formula is C20H8Cl4O5. The maximum atomic E-state index is 12.0. The highest BCUT2D eigenvalue weighted by Crippen LogP contribution is 2.45. The van der Waals surface area contributed by atoms with Crippen molar-refractivity contribution in [2.45, 2.75) is 0 Å². The summed E-state index contributed by atoms with van der Waals surface area (Å²) in [6.07, 6.45) is 0. The first-order valence-electron chi connectivity index (χ1n) is 7.98. The molecule has 0 unspecified atom stereocenters. The number of benzene rings is 3. The van der Waals surface area contributed by atoms with Crippen LogP contribution in [0.15, 0.2) is 45.6 Å². The van der Waals surface area contributed by atoms with E-state index in [0.717, 1.165) is 0 Å². The molecule has 146 valence electrons. The average Bonchev–Trinajstić information content (AvgIpc) is 2.64. The van der Waals surface area contributed by atoms with Crippen LogP contribution in [0.3, 0.4) is 0 Å². The molecule has 0 radical (unpaired) electrons. The summed E-state index contributed by atoms with van der Waals surface area (Å²) < 4.78 is 5.75. The zero-order chi connectivity index (χ0) is 21.0. The number of phenols is 1. The highest BCUT2D eigenvalue weighted by molar-refractivity contribution is 6.42. The quantitative estimate of drug-likeness (QED) is 0.323. The fraction of sp³-hybridized carbons (Fsp3) is 0. The summed E-state index contributed by atoms with van der Waals surface area (Å²) >= 11 is 24.3. The third-order valence-electron chi connectivity index (χ3n) is 4.40. The lowest BCUT2D eigenvalue weighted by molar-refractivity contribution is 0.0697. The maximum Gasteiger partial charge on any atom is 0.336 e. The van der Waals surface area contributed by atoms with Gasteiger partial charge in [-0.15, -0.1) is 0 Å². The molecule has 1 aliphatic heterocycles. The standard InChI is InChI=1S/C20H8Cl4O5/c21-11-1-7(8(20(27)28)2-12(11)22)19-9-3-13(23)15(25)5-17(9)29-18-6-16(26)14(24)4-10(18)19/h1-6,25H,(H,27,28). The minimum Gasteiger partial charge on any atom is -0.506 e. The molecule has 9 heteroatoms. The molecule has 0 spiro atoms. The van der Waals surface area contributed by atoms with Crippen LogP contribution >= 0.6 is 46.4 Å². The minimum atomic E-state index is -1.24. The fourth-order valence-electron chi connectivity index (χ4n) is 3.12. The van der Waals surface area contributed by atoms with Crippen molar-refractivity contribution in [3.8, 4) is 28.2 Å². The van der Waals surface area contributed by atoms with Gasteiger partial charge in [-0.25, -0.2) is 4.79 Å². The number of aromatic carboxylic acids is 1. The largest absolute Gasteiger partial charge is 0.506 e. The number of hydrogen-bond acceptors (Lipinski definition) is 4. The summed E-state index contributed by atoms with van der Waals surface area (Å²) in [7, 11) is 0. The van der Waals surface area contributed by atoms with Gasteiger partial charge in [-0.05, 0) is 29.8 Å². The number of hydrogen-bond donors (Lipinski definition) is 2. The van der Waals surface area contributed by atoms with Crippen molar-refractivity contribution in [2.75, 3.05) is 0 Å². The first-order valence-corrected chi connectivity index (χ1v) is 9.50. The Morgan fingerprint density at radius 2 is 1.48 bits per heavy atom. The highest BCUT2D eigenvalue weighted by atomic mass is 35.5. The lowest BCUT2D eigenvalue weighted by Crippen LogP contribution is -2.05. The molecule has 2 aliphatic rings. The van der Waals surface area contributed by atoms with Crippen molar-refractivity contribution in [2.24, 2.45) is 0 Å². The first kappa shape index (κ1) is 19.9. The molecule has 0 aromatic heterocycles. The molecule has 0 fully saturated rings. The van der Waals surface area contributed by atoms with E-state index >= 15 is 0 Å². The summed E-state index contributed by atoms with van der Waals surface area (Å²) in [6, 6.07) is 7.90. The fourth-order valence-corrected chi connectivity index (χ4v) is 3.78. The normalized spacial score (nSPS) is 11.3. The number of rotatable bonds is 2. The van der Waals surface area contributed by atoms with Crippen molar-refractivity contribution in [3.05, 3.63) is 72.3 Å². The number of carboxylic acid groups (broad SMARTS) is 1. The molecule has 4 rings (SSSR count). The monoisotopic (exact) mass is 468 g/mol. The number of phenolic OH excluding ortho intramolecular Hbond substituents is 1. The summed E-state index contributed by atoms with van der Waals surface area (Å²) in [5.41, 5.74) is 0.525. The van der Waals surface area contributed by atoms with E-state index in [1.807, 2.05) is 0 Å². The minimum absolute atomic E-state index is 0.0248. The Balaban J connectivity index is 2.28. The van der Waals surface area contributed by atoms with Crippen LogP contribution in [-0.2, 0) is 0 Å². The van der Waals surface area contributed by atoms with Gasteiger partial charge in [-0.1, -0.05) is 46.4 Å². The molecule has 0 saturated heterocycles. The van der Waals surface area contributed by atoms with Gasteiger partial charge in [0.15, 0.2) is 0 Å². The Kier molecular flexibility index (Phi) is 4.87. The number of halogens is 4. The molecule has 29 heavy (non-hydrogen) atoms. The van der Waals surface area contributed by atoms with Crippen molar-refractivity contribution in [3.63, 3.8) is 0 Å². The molecule has 0 bridgehead atoms. The van der Waals surface area contributed by atoms with E-state index in [9.17, 15) is 19.8 Å². The van der Waals surface area contributed by atoms with E-state index in [-0.39, 0.29) is 48.3 Å². The SMILES string of the molecule is O=C(O)c1cc(Cl)c(Cl)cc1-c1c2cc(Cl)c(=O)cc-2oc2cc(O)c(Cl)cc12. The van der Waals surface area contributed by atoms with Crippen LogP contribution in [0, 0.1) is 0 Å². The maximum absolute atomic E-state index is 12.0. The molecule has 1 aliphatic carbocycles. The van der Waals surface area contributed by atoms with E-state index in [4.69, 9.17) is 50.8 Å². The molecule has 1 heterocycles. The Morgan fingerprint density at radius 1 is 0.828 bits per heavy atom. The third kappa shape index (κ3) is 3.30. The lowest BCUT2D eigenvalue weighted by atomic mass is 9.90. The smallest absolute Gasteiger partial charge is 0.336 e. The zero-order valence-electron chi connectivity index (χ0n) is 14.1. The number of fused-ring (bicyclic) bond motifs is 2. The van der Waals surface area contributed by atoms with Crippen LogP contribution in [0.1, 0.15) is 10.4 Å². The molecule has 0 amide bonds. The molecule has 0 atom stereocenters. The molecule has 0 saturated carbocycles. The Labute approximate surface area is 183 Å². The van der Waals surface area contributed by atoms with Gasteiger partial charge < -0.3 is 14.6 Å². The second-order valence-electron chi connectivity index (χ2n) is 6.17. The van der Waals surface area contributed by atoms with Crippen molar-refractivity contribution in [1.82, 2.24) is 0 Å². The molecule has 5 nitrogen and oxygen atoms in total. The second-order valence-corrected chi connectivity index (χ2v) is 7.80. The molecule has 2 aromatic carbocycles. The average molecular weight is 470 g/mol. The molecule has 2 N–H and O–H groups in total. The number of carboxylic acids is 1. The lowest BCUT2D eigenvalue weighted by Gasteiger charge is -2.18.